The first-order chi connectivity index (χ1) is 10.5. The summed E-state index contributed by atoms with van der Waals surface area (Å²) in [5.41, 5.74) is 3.05. The Balaban J connectivity index is 1.90. The quantitative estimate of drug-likeness (QED) is 0.813. The maximum Gasteiger partial charge on any atom is 0.324 e. The molecule has 6 heteroatoms. The first-order valence-electron chi connectivity index (χ1n) is 7.43. The molecule has 0 unspecified atom stereocenters. The Bertz CT molecular complexity index is 777. The molecule has 4 nitrogen and oxygen atoms in total. The van der Waals surface area contributed by atoms with E-state index in [9.17, 15) is 8.42 Å². The van der Waals surface area contributed by atoms with Crippen molar-refractivity contribution >= 4 is 22.2 Å². The highest BCUT2D eigenvalue weighted by molar-refractivity contribution is 7.90. The van der Waals surface area contributed by atoms with Crippen molar-refractivity contribution in [1.29, 1.82) is 0 Å². The van der Waals surface area contributed by atoms with E-state index in [4.69, 9.17) is 4.65 Å². The van der Waals surface area contributed by atoms with Crippen LogP contribution < -0.4 is 5.46 Å². The number of hydrogen-bond acceptors (Lipinski definition) is 4. The molecule has 0 radical (unpaired) electrons. The van der Waals surface area contributed by atoms with E-state index >= 15 is 0 Å². The molecule has 2 heterocycles. The zero-order chi connectivity index (χ0) is 15.7. The second kappa shape index (κ2) is 5.86. The lowest BCUT2D eigenvalue weighted by Crippen LogP contribution is -2.25. The number of benzene rings is 1. The van der Waals surface area contributed by atoms with E-state index in [0.29, 0.717) is 0 Å². The number of hydrogen-bond donors (Lipinski definition) is 0. The van der Waals surface area contributed by atoms with Crippen LogP contribution in [-0.2, 0) is 20.2 Å². The van der Waals surface area contributed by atoms with Gasteiger partial charge in [-0.3, -0.25) is 0 Å². The van der Waals surface area contributed by atoms with Crippen LogP contribution in [0.25, 0.3) is 0 Å². The van der Waals surface area contributed by atoms with E-state index in [1.54, 1.807) is 12.1 Å². The summed E-state index contributed by atoms with van der Waals surface area (Å²) in [5, 5.41) is 0.117. The van der Waals surface area contributed by atoms with E-state index < -0.39 is 9.84 Å². The van der Waals surface area contributed by atoms with Crippen molar-refractivity contribution in [2.24, 2.45) is 0 Å². The van der Waals surface area contributed by atoms with Crippen LogP contribution in [0.2, 0.25) is 6.82 Å². The van der Waals surface area contributed by atoms with Crippen molar-refractivity contribution in [3.05, 3.63) is 53.7 Å². The molecule has 0 N–H and O–H groups in total. The van der Waals surface area contributed by atoms with Crippen LogP contribution in [0.1, 0.15) is 30.6 Å². The Labute approximate surface area is 131 Å². The van der Waals surface area contributed by atoms with Crippen LogP contribution in [-0.4, -0.2) is 20.3 Å². The standard InChI is InChI=1S/C16H18BNO3S/c1-3-15-13-8-7-12(10-14(13)17(2)21-15)11-22(19,20)16-6-4-5-9-18-16/h4-10,15H,3,11H2,1-2H3/t15-/m1/s1. The van der Waals surface area contributed by atoms with Crippen LogP contribution in [0.5, 0.6) is 0 Å². The van der Waals surface area contributed by atoms with Crippen LogP contribution in [0, 0.1) is 0 Å². The highest BCUT2D eigenvalue weighted by Gasteiger charge is 2.31. The molecule has 2 aromatic rings. The van der Waals surface area contributed by atoms with Crippen molar-refractivity contribution in [3.8, 4) is 0 Å². The minimum Gasteiger partial charge on any atom is -0.424 e. The van der Waals surface area contributed by atoms with E-state index in [1.165, 1.54) is 17.8 Å². The minimum atomic E-state index is -3.42. The number of nitrogens with zero attached hydrogens (tertiary/aromatic N) is 1. The number of aromatic nitrogens is 1. The van der Waals surface area contributed by atoms with E-state index in [2.05, 4.69) is 11.9 Å². The van der Waals surface area contributed by atoms with Gasteiger partial charge in [0.25, 0.3) is 0 Å². The van der Waals surface area contributed by atoms with Gasteiger partial charge in [-0.05, 0) is 35.1 Å². The van der Waals surface area contributed by atoms with Gasteiger partial charge in [-0.2, -0.15) is 0 Å². The van der Waals surface area contributed by atoms with Gasteiger partial charge < -0.3 is 4.65 Å². The summed E-state index contributed by atoms with van der Waals surface area (Å²) in [6.07, 6.45) is 2.53. The second-order valence-electron chi connectivity index (χ2n) is 5.57. The van der Waals surface area contributed by atoms with Crippen LogP contribution in [0.4, 0.5) is 0 Å². The minimum absolute atomic E-state index is 0.0115. The molecule has 0 aliphatic carbocycles. The molecule has 0 saturated heterocycles. The maximum atomic E-state index is 12.4. The summed E-state index contributed by atoms with van der Waals surface area (Å²) in [7, 11) is -3.42. The summed E-state index contributed by atoms with van der Waals surface area (Å²) in [4.78, 5) is 3.95. The number of fused-ring (bicyclic) bond motifs is 1. The highest BCUT2D eigenvalue weighted by atomic mass is 32.2. The van der Waals surface area contributed by atoms with Gasteiger partial charge in [0.1, 0.15) is 0 Å². The van der Waals surface area contributed by atoms with Crippen molar-refractivity contribution in [2.45, 2.75) is 37.1 Å². The Hall–Kier alpha value is -1.66. The zero-order valence-electron chi connectivity index (χ0n) is 12.7. The molecule has 0 fully saturated rings. The van der Waals surface area contributed by atoms with Gasteiger partial charge >= 0.3 is 6.92 Å². The fourth-order valence-corrected chi connectivity index (χ4v) is 4.17. The number of pyridine rings is 1. The predicted octanol–water partition coefficient (Wildman–Crippen LogP) is 2.37. The van der Waals surface area contributed by atoms with Crippen molar-refractivity contribution < 1.29 is 13.1 Å². The third-order valence-electron chi connectivity index (χ3n) is 3.99. The Morgan fingerprint density at radius 1 is 1.27 bits per heavy atom. The van der Waals surface area contributed by atoms with Crippen LogP contribution >= 0.6 is 0 Å². The Morgan fingerprint density at radius 3 is 2.77 bits per heavy atom. The average Bonchev–Trinajstić information content (AvgIpc) is 2.84. The summed E-state index contributed by atoms with van der Waals surface area (Å²) in [6, 6.07) is 10.8. The van der Waals surface area contributed by atoms with Crippen molar-refractivity contribution in [2.75, 3.05) is 0 Å². The molecule has 1 aliphatic rings. The molecule has 0 saturated carbocycles. The summed E-state index contributed by atoms with van der Waals surface area (Å²) in [5.74, 6) is -0.0409. The normalized spacial score (nSPS) is 17.5. The van der Waals surface area contributed by atoms with E-state index in [-0.39, 0.29) is 23.8 Å². The maximum absolute atomic E-state index is 12.4. The van der Waals surface area contributed by atoms with Crippen molar-refractivity contribution in [1.82, 2.24) is 4.98 Å². The Morgan fingerprint density at radius 2 is 2.09 bits per heavy atom. The molecule has 1 aromatic carbocycles. The first-order valence-corrected chi connectivity index (χ1v) is 9.08. The molecule has 0 bridgehead atoms. The summed E-state index contributed by atoms with van der Waals surface area (Å²) >= 11 is 0. The largest absolute Gasteiger partial charge is 0.424 e. The molecule has 3 rings (SSSR count). The van der Waals surface area contributed by atoms with Gasteiger partial charge in [-0.25, -0.2) is 13.4 Å². The summed E-state index contributed by atoms with van der Waals surface area (Å²) in [6.45, 7) is 4.11. The van der Waals surface area contributed by atoms with Crippen LogP contribution in [0.3, 0.4) is 0 Å². The highest BCUT2D eigenvalue weighted by Crippen LogP contribution is 2.28. The predicted molar refractivity (Wildman–Crippen MR) is 86.9 cm³/mol. The smallest absolute Gasteiger partial charge is 0.324 e. The number of sulfone groups is 1. The first kappa shape index (κ1) is 15.2. The van der Waals surface area contributed by atoms with Gasteiger partial charge in [0.15, 0.2) is 14.9 Å². The third kappa shape index (κ3) is 2.81. The van der Waals surface area contributed by atoms with Gasteiger partial charge in [0.2, 0.25) is 0 Å². The molecule has 1 atom stereocenters. The van der Waals surface area contributed by atoms with Gasteiger partial charge in [0.05, 0.1) is 11.9 Å². The molecule has 22 heavy (non-hydrogen) atoms. The van der Waals surface area contributed by atoms with Crippen molar-refractivity contribution in [3.63, 3.8) is 0 Å². The monoisotopic (exact) mass is 315 g/mol. The topological polar surface area (TPSA) is 56.3 Å². The molecule has 1 aliphatic heterocycles. The average molecular weight is 315 g/mol. The summed E-state index contributed by atoms with van der Waals surface area (Å²) < 4.78 is 30.7. The van der Waals surface area contributed by atoms with Gasteiger partial charge in [0, 0.05) is 6.20 Å². The molecular formula is C16H18BNO3S. The Kier molecular flexibility index (Phi) is 4.06. The molecule has 0 spiro atoms. The van der Waals surface area contributed by atoms with Gasteiger partial charge in [-0.1, -0.05) is 38.0 Å². The molecular weight excluding hydrogens is 297 g/mol. The van der Waals surface area contributed by atoms with Crippen LogP contribution in [0.15, 0.2) is 47.6 Å². The van der Waals surface area contributed by atoms with E-state index in [1.807, 2.05) is 25.0 Å². The molecule has 1 aromatic heterocycles. The lowest BCUT2D eigenvalue weighted by atomic mass is 9.64. The SMILES string of the molecule is CC[C@H]1OB(C)c2cc(CS(=O)(=O)c3ccccn3)ccc21. The fraction of sp³-hybridized carbons (Fsp3) is 0.312. The molecule has 114 valence electrons. The fourth-order valence-electron chi connectivity index (χ4n) is 2.89. The lowest BCUT2D eigenvalue weighted by Gasteiger charge is -2.09. The lowest BCUT2D eigenvalue weighted by molar-refractivity contribution is 0.221. The van der Waals surface area contributed by atoms with E-state index in [0.717, 1.165) is 17.4 Å². The zero-order valence-corrected chi connectivity index (χ0v) is 13.5. The van der Waals surface area contributed by atoms with Gasteiger partial charge in [-0.15, -0.1) is 0 Å². The number of rotatable bonds is 4. The third-order valence-corrected chi connectivity index (χ3v) is 5.58. The molecule has 0 amide bonds. The second-order valence-corrected chi connectivity index (χ2v) is 7.50.